The number of halogens is 1. The van der Waals surface area contributed by atoms with Gasteiger partial charge in [-0.15, -0.1) is 0 Å². The van der Waals surface area contributed by atoms with E-state index in [-0.39, 0.29) is 5.97 Å². The van der Waals surface area contributed by atoms with Gasteiger partial charge in [-0.3, -0.25) is 4.79 Å². The maximum atomic E-state index is 11.9. The number of hydrogen-bond donors (Lipinski definition) is 1. The highest BCUT2D eigenvalue weighted by molar-refractivity contribution is 6.30. The summed E-state index contributed by atoms with van der Waals surface area (Å²) in [6.07, 6.45) is 0.931. The number of esters is 1. The lowest BCUT2D eigenvalue weighted by molar-refractivity contribution is -0.157. The minimum atomic E-state index is -1.13. The Hall–Kier alpha value is -1.06. The van der Waals surface area contributed by atoms with E-state index in [2.05, 4.69) is 0 Å². The third-order valence-corrected chi connectivity index (χ3v) is 3.46. The first-order chi connectivity index (χ1) is 8.90. The van der Waals surface area contributed by atoms with Crippen molar-refractivity contribution < 1.29 is 14.6 Å². The minimum absolute atomic E-state index is 0.326. The fourth-order valence-corrected chi connectivity index (χ4v) is 2.37. The van der Waals surface area contributed by atoms with E-state index >= 15 is 0 Å². The summed E-state index contributed by atoms with van der Waals surface area (Å²) in [5, 5.41) is 11.2. The van der Waals surface area contributed by atoms with E-state index in [0.717, 1.165) is 5.56 Å². The second-order valence-corrected chi connectivity index (χ2v) is 5.31. The van der Waals surface area contributed by atoms with Gasteiger partial charge < -0.3 is 9.84 Å². The van der Waals surface area contributed by atoms with Crippen LogP contribution in [0.4, 0.5) is 0 Å². The standard InChI is InChI=1S/C15H21ClO3/c1-4-13(14(17)19-5-2)15(3,18)10-11-6-8-12(16)9-7-11/h6-9,13,18H,4-5,10H2,1-3H3. The summed E-state index contributed by atoms with van der Waals surface area (Å²) in [7, 11) is 0. The Labute approximate surface area is 119 Å². The lowest BCUT2D eigenvalue weighted by Crippen LogP contribution is -2.42. The normalized spacial score (nSPS) is 15.6. The van der Waals surface area contributed by atoms with Gasteiger partial charge in [0.2, 0.25) is 0 Å². The van der Waals surface area contributed by atoms with Gasteiger partial charge in [-0.2, -0.15) is 0 Å². The van der Waals surface area contributed by atoms with E-state index < -0.39 is 11.5 Å². The number of carbonyl (C=O) groups excluding carboxylic acids is 1. The highest BCUT2D eigenvalue weighted by Crippen LogP contribution is 2.27. The van der Waals surface area contributed by atoms with Crippen molar-refractivity contribution in [3.63, 3.8) is 0 Å². The summed E-state index contributed by atoms with van der Waals surface area (Å²) < 4.78 is 5.02. The van der Waals surface area contributed by atoms with Crippen LogP contribution < -0.4 is 0 Å². The molecule has 106 valence electrons. The third-order valence-electron chi connectivity index (χ3n) is 3.21. The molecular weight excluding hydrogens is 264 g/mol. The first-order valence-electron chi connectivity index (χ1n) is 6.54. The third kappa shape index (κ3) is 4.51. The monoisotopic (exact) mass is 284 g/mol. The minimum Gasteiger partial charge on any atom is -0.466 e. The molecule has 4 heteroatoms. The maximum Gasteiger partial charge on any atom is 0.311 e. The van der Waals surface area contributed by atoms with Crippen molar-refractivity contribution in [2.45, 2.75) is 39.2 Å². The second-order valence-electron chi connectivity index (χ2n) is 4.87. The highest BCUT2D eigenvalue weighted by atomic mass is 35.5. The number of aliphatic hydroxyl groups is 1. The molecule has 0 spiro atoms. The summed E-state index contributed by atoms with van der Waals surface area (Å²) >= 11 is 5.83. The van der Waals surface area contributed by atoms with E-state index in [4.69, 9.17) is 16.3 Å². The Balaban J connectivity index is 2.82. The average Bonchev–Trinajstić information content (AvgIpc) is 2.32. The zero-order valence-electron chi connectivity index (χ0n) is 11.6. The molecule has 19 heavy (non-hydrogen) atoms. The van der Waals surface area contributed by atoms with Gasteiger partial charge in [0, 0.05) is 11.4 Å². The van der Waals surface area contributed by atoms with Crippen LogP contribution in [0.15, 0.2) is 24.3 Å². The fraction of sp³-hybridized carbons (Fsp3) is 0.533. The van der Waals surface area contributed by atoms with Crippen molar-refractivity contribution in [1.29, 1.82) is 0 Å². The maximum absolute atomic E-state index is 11.9. The van der Waals surface area contributed by atoms with E-state index in [0.29, 0.717) is 24.5 Å². The topological polar surface area (TPSA) is 46.5 Å². The molecule has 0 amide bonds. The smallest absolute Gasteiger partial charge is 0.311 e. The van der Waals surface area contributed by atoms with Gasteiger partial charge in [-0.1, -0.05) is 30.7 Å². The molecule has 2 unspecified atom stereocenters. The van der Waals surface area contributed by atoms with Crippen LogP contribution in [0.1, 0.15) is 32.8 Å². The predicted molar refractivity (Wildman–Crippen MR) is 76.2 cm³/mol. The predicted octanol–water partition coefficient (Wildman–Crippen LogP) is 3.22. The Morgan fingerprint density at radius 1 is 1.37 bits per heavy atom. The summed E-state index contributed by atoms with van der Waals surface area (Å²) in [6, 6.07) is 7.26. The fourth-order valence-electron chi connectivity index (χ4n) is 2.24. The van der Waals surface area contributed by atoms with Crippen LogP contribution in [0.3, 0.4) is 0 Å². The SMILES string of the molecule is CCOC(=O)C(CC)C(C)(O)Cc1ccc(Cl)cc1. The van der Waals surface area contributed by atoms with Crippen molar-refractivity contribution in [2.75, 3.05) is 6.61 Å². The summed E-state index contributed by atoms with van der Waals surface area (Å²) in [5.41, 5.74) is -0.188. The number of hydrogen-bond acceptors (Lipinski definition) is 3. The zero-order chi connectivity index (χ0) is 14.5. The molecule has 0 aromatic heterocycles. The van der Waals surface area contributed by atoms with Crippen LogP contribution in [0.5, 0.6) is 0 Å². The van der Waals surface area contributed by atoms with Gasteiger partial charge in [0.05, 0.1) is 18.1 Å². The van der Waals surface area contributed by atoms with Crippen molar-refractivity contribution >= 4 is 17.6 Å². The molecule has 1 rings (SSSR count). The number of benzene rings is 1. The van der Waals surface area contributed by atoms with Gasteiger partial charge in [0.15, 0.2) is 0 Å². The molecule has 0 aliphatic heterocycles. The lowest BCUT2D eigenvalue weighted by atomic mass is 9.82. The molecule has 2 atom stereocenters. The largest absolute Gasteiger partial charge is 0.466 e. The number of carbonyl (C=O) groups is 1. The lowest BCUT2D eigenvalue weighted by Gasteiger charge is -2.30. The highest BCUT2D eigenvalue weighted by Gasteiger charge is 2.37. The molecule has 1 N–H and O–H groups in total. The van der Waals surface area contributed by atoms with Crippen molar-refractivity contribution in [2.24, 2.45) is 5.92 Å². The molecule has 0 heterocycles. The molecular formula is C15H21ClO3. The van der Waals surface area contributed by atoms with Crippen LogP contribution in [0, 0.1) is 5.92 Å². The Kier molecular flexibility index (Phi) is 5.83. The van der Waals surface area contributed by atoms with Crippen molar-refractivity contribution in [3.05, 3.63) is 34.9 Å². The molecule has 3 nitrogen and oxygen atoms in total. The molecule has 0 saturated carbocycles. The Morgan fingerprint density at radius 2 is 1.95 bits per heavy atom. The first-order valence-corrected chi connectivity index (χ1v) is 6.92. The second kappa shape index (κ2) is 6.92. The first kappa shape index (κ1) is 16.0. The van der Waals surface area contributed by atoms with Gasteiger partial charge in [0.25, 0.3) is 0 Å². The summed E-state index contributed by atoms with van der Waals surface area (Å²) in [4.78, 5) is 11.9. The molecule has 0 aliphatic rings. The molecule has 0 aliphatic carbocycles. The van der Waals surface area contributed by atoms with Crippen LogP contribution >= 0.6 is 11.6 Å². The summed E-state index contributed by atoms with van der Waals surface area (Å²) in [6.45, 7) is 5.63. The summed E-state index contributed by atoms with van der Waals surface area (Å²) in [5.74, 6) is -0.868. The molecule has 1 aromatic rings. The van der Waals surface area contributed by atoms with Crippen LogP contribution in [-0.2, 0) is 16.0 Å². The molecule has 0 radical (unpaired) electrons. The average molecular weight is 285 g/mol. The van der Waals surface area contributed by atoms with Crippen molar-refractivity contribution in [3.8, 4) is 0 Å². The van der Waals surface area contributed by atoms with Gasteiger partial charge in [0.1, 0.15) is 0 Å². The van der Waals surface area contributed by atoms with Crippen LogP contribution in [-0.4, -0.2) is 23.3 Å². The number of rotatable bonds is 6. The van der Waals surface area contributed by atoms with E-state index in [1.165, 1.54) is 0 Å². The van der Waals surface area contributed by atoms with Crippen LogP contribution in [0.2, 0.25) is 5.02 Å². The Morgan fingerprint density at radius 3 is 2.42 bits per heavy atom. The van der Waals surface area contributed by atoms with Gasteiger partial charge >= 0.3 is 5.97 Å². The van der Waals surface area contributed by atoms with Crippen molar-refractivity contribution in [1.82, 2.24) is 0 Å². The molecule has 1 aromatic carbocycles. The molecule has 0 saturated heterocycles. The van der Waals surface area contributed by atoms with Gasteiger partial charge in [-0.05, 0) is 38.0 Å². The number of ether oxygens (including phenoxy) is 1. The molecule has 0 bridgehead atoms. The Bertz CT molecular complexity index is 412. The molecule has 0 fully saturated rings. The quantitative estimate of drug-likeness (QED) is 0.816. The van der Waals surface area contributed by atoms with E-state index in [1.54, 1.807) is 26.0 Å². The van der Waals surface area contributed by atoms with Crippen LogP contribution in [0.25, 0.3) is 0 Å². The van der Waals surface area contributed by atoms with E-state index in [1.807, 2.05) is 19.1 Å². The zero-order valence-corrected chi connectivity index (χ0v) is 12.4. The van der Waals surface area contributed by atoms with E-state index in [9.17, 15) is 9.90 Å². The van der Waals surface area contributed by atoms with Gasteiger partial charge in [-0.25, -0.2) is 0 Å².